The van der Waals surface area contributed by atoms with Gasteiger partial charge in [-0.25, -0.2) is 5.01 Å². The zero-order chi connectivity index (χ0) is 19.9. The van der Waals surface area contributed by atoms with Crippen LogP contribution in [0, 0.1) is 0 Å². The number of benzene rings is 1. The normalized spacial score (nSPS) is 15.1. The molecular formula is C21H23N3O4. The summed E-state index contributed by atoms with van der Waals surface area (Å²) in [4.78, 5) is 29.5. The van der Waals surface area contributed by atoms with Gasteiger partial charge in [0.25, 0.3) is 11.8 Å². The molecule has 7 heteroatoms. The van der Waals surface area contributed by atoms with Crippen molar-refractivity contribution in [2.24, 2.45) is 0 Å². The van der Waals surface area contributed by atoms with Crippen molar-refractivity contribution in [3.63, 3.8) is 0 Å². The highest BCUT2D eigenvalue weighted by Crippen LogP contribution is 2.26. The van der Waals surface area contributed by atoms with Crippen molar-refractivity contribution in [3.05, 3.63) is 53.6 Å². The monoisotopic (exact) mass is 381 g/mol. The Kier molecular flexibility index (Phi) is 6.26. The van der Waals surface area contributed by atoms with Crippen molar-refractivity contribution in [1.82, 2.24) is 10.4 Å². The summed E-state index contributed by atoms with van der Waals surface area (Å²) in [5, 5.41) is 1.23. The molecule has 0 atom stereocenters. The zero-order valence-electron chi connectivity index (χ0n) is 16.0. The van der Waals surface area contributed by atoms with Crippen LogP contribution in [0.15, 0.2) is 48.0 Å². The molecule has 1 aromatic carbocycles. The highest BCUT2D eigenvalue weighted by Gasteiger charge is 2.34. The second-order valence-corrected chi connectivity index (χ2v) is 6.22. The lowest BCUT2D eigenvalue weighted by Gasteiger charge is -2.14. The Hall–Kier alpha value is -3.35. The van der Waals surface area contributed by atoms with Crippen molar-refractivity contribution in [2.45, 2.75) is 26.7 Å². The molecule has 0 saturated carbocycles. The number of hydrogen-bond donors (Lipinski definition) is 1. The van der Waals surface area contributed by atoms with Gasteiger partial charge in [0, 0.05) is 11.6 Å². The first-order valence-corrected chi connectivity index (χ1v) is 9.32. The Morgan fingerprint density at radius 3 is 2.43 bits per heavy atom. The van der Waals surface area contributed by atoms with E-state index in [1.165, 1.54) is 11.1 Å². The van der Waals surface area contributed by atoms with Gasteiger partial charge in [0.2, 0.25) is 11.8 Å². The van der Waals surface area contributed by atoms with Gasteiger partial charge in [0.1, 0.15) is 5.57 Å². The number of anilines is 1. The van der Waals surface area contributed by atoms with Crippen molar-refractivity contribution in [2.75, 3.05) is 18.2 Å². The lowest BCUT2D eigenvalue weighted by Crippen LogP contribution is -2.35. The maximum atomic E-state index is 12.7. The minimum absolute atomic E-state index is 0.0224. The number of nitrogens with one attached hydrogen (secondary N) is 1. The van der Waals surface area contributed by atoms with Crippen LogP contribution in [0.5, 0.6) is 11.8 Å². The molecular weight excluding hydrogens is 358 g/mol. The summed E-state index contributed by atoms with van der Waals surface area (Å²) in [6.07, 6.45) is 3.17. The molecule has 1 aromatic heterocycles. The molecule has 1 aliphatic heterocycles. The lowest BCUT2D eigenvalue weighted by atomic mass is 10.1. The predicted molar refractivity (Wildman–Crippen MR) is 106 cm³/mol. The van der Waals surface area contributed by atoms with E-state index in [0.717, 1.165) is 12.8 Å². The molecule has 0 unspecified atom stereocenters. The van der Waals surface area contributed by atoms with Crippen molar-refractivity contribution in [3.8, 4) is 11.8 Å². The summed E-state index contributed by atoms with van der Waals surface area (Å²) in [5.74, 6) is -0.115. The molecule has 2 aromatic rings. The standard InChI is InChI=1S/C21H23N3O4/c1-3-12-27-18-11-10-15(20(22-18)28-13-4-2)14-17-19(25)23-24(21(17)26)16-8-6-5-7-9-16/h5-11,14H,3-4,12-13H2,1-2H3,(H,23,25)/b17-14-. The zero-order valence-corrected chi connectivity index (χ0v) is 16.0. The highest BCUT2D eigenvalue weighted by molar-refractivity contribution is 6.31. The number of amides is 2. The van der Waals surface area contributed by atoms with Gasteiger partial charge < -0.3 is 9.47 Å². The molecule has 1 aliphatic rings. The van der Waals surface area contributed by atoms with Crippen molar-refractivity contribution in [1.29, 1.82) is 0 Å². The maximum absolute atomic E-state index is 12.7. The summed E-state index contributed by atoms with van der Waals surface area (Å²) < 4.78 is 11.3. The van der Waals surface area contributed by atoms with E-state index in [1.807, 2.05) is 19.9 Å². The summed E-state index contributed by atoms with van der Waals surface area (Å²) >= 11 is 0. The molecule has 0 bridgehead atoms. The average Bonchev–Trinajstić information content (AvgIpc) is 3.00. The van der Waals surface area contributed by atoms with Crippen LogP contribution >= 0.6 is 0 Å². The largest absolute Gasteiger partial charge is 0.478 e. The number of aromatic nitrogens is 1. The minimum atomic E-state index is -0.471. The molecule has 1 N–H and O–H groups in total. The smallest absolute Gasteiger partial charge is 0.282 e. The van der Waals surface area contributed by atoms with E-state index < -0.39 is 11.8 Å². The third-order valence-electron chi connectivity index (χ3n) is 3.97. The highest BCUT2D eigenvalue weighted by atomic mass is 16.5. The van der Waals surface area contributed by atoms with Gasteiger partial charge in [-0.05, 0) is 37.1 Å². The van der Waals surface area contributed by atoms with Gasteiger partial charge in [-0.1, -0.05) is 32.0 Å². The van der Waals surface area contributed by atoms with Crippen LogP contribution in [0.4, 0.5) is 5.69 Å². The molecule has 0 aliphatic carbocycles. The molecule has 1 fully saturated rings. The summed E-state index contributed by atoms with van der Waals surface area (Å²) in [6.45, 7) is 5.02. The number of nitrogens with zero attached hydrogens (tertiary/aromatic N) is 2. The summed E-state index contributed by atoms with van der Waals surface area (Å²) in [5.41, 5.74) is 3.74. The first-order chi connectivity index (χ1) is 13.6. The maximum Gasteiger partial charge on any atom is 0.282 e. The van der Waals surface area contributed by atoms with Gasteiger partial charge in [-0.3, -0.25) is 15.0 Å². The Labute approximate surface area is 163 Å². The van der Waals surface area contributed by atoms with E-state index >= 15 is 0 Å². The fraction of sp³-hybridized carbons (Fsp3) is 0.286. The number of carbonyl (C=O) groups is 2. The van der Waals surface area contributed by atoms with Gasteiger partial charge >= 0.3 is 0 Å². The third kappa shape index (κ3) is 4.31. The van der Waals surface area contributed by atoms with Crippen LogP contribution < -0.4 is 19.9 Å². The number of hydrogen-bond acceptors (Lipinski definition) is 5. The number of rotatable bonds is 8. The SMILES string of the molecule is CCCOc1ccc(/C=C2/C(=O)NN(c3ccccc3)C2=O)c(OCCC)n1. The molecule has 2 amide bonds. The Morgan fingerprint density at radius 2 is 1.71 bits per heavy atom. The van der Waals surface area contributed by atoms with Crippen molar-refractivity contribution >= 4 is 23.6 Å². The van der Waals surface area contributed by atoms with Crippen LogP contribution in [0.3, 0.4) is 0 Å². The Bertz CT molecular complexity index is 880. The number of pyridine rings is 1. The topological polar surface area (TPSA) is 80.8 Å². The van der Waals surface area contributed by atoms with Crippen LogP contribution in [0.25, 0.3) is 6.08 Å². The van der Waals surface area contributed by atoms with Gasteiger partial charge in [0.15, 0.2) is 0 Å². The first-order valence-electron chi connectivity index (χ1n) is 9.32. The quantitative estimate of drug-likeness (QED) is 0.561. The van der Waals surface area contributed by atoms with Crippen LogP contribution in [0.2, 0.25) is 0 Å². The van der Waals surface area contributed by atoms with Gasteiger partial charge in [-0.15, -0.1) is 0 Å². The molecule has 28 heavy (non-hydrogen) atoms. The molecule has 3 rings (SSSR count). The second-order valence-electron chi connectivity index (χ2n) is 6.22. The Morgan fingerprint density at radius 1 is 1.00 bits per heavy atom. The molecule has 146 valence electrons. The number of carbonyl (C=O) groups excluding carboxylic acids is 2. The predicted octanol–water partition coefficient (Wildman–Crippen LogP) is 3.12. The van der Waals surface area contributed by atoms with E-state index in [0.29, 0.717) is 36.2 Å². The number of hydrazine groups is 1. The first kappa shape index (κ1) is 19.4. The molecule has 2 heterocycles. The second kappa shape index (κ2) is 9.03. The molecule has 0 spiro atoms. The van der Waals surface area contributed by atoms with Crippen LogP contribution in [-0.4, -0.2) is 30.0 Å². The molecule has 1 saturated heterocycles. The number of ether oxygens (including phenoxy) is 2. The molecule has 0 radical (unpaired) electrons. The molecule has 7 nitrogen and oxygen atoms in total. The van der Waals surface area contributed by atoms with E-state index in [1.54, 1.807) is 36.4 Å². The van der Waals surface area contributed by atoms with Gasteiger partial charge in [-0.2, -0.15) is 4.98 Å². The fourth-order valence-electron chi connectivity index (χ4n) is 2.62. The van der Waals surface area contributed by atoms with E-state index in [-0.39, 0.29) is 5.57 Å². The van der Waals surface area contributed by atoms with Gasteiger partial charge in [0.05, 0.1) is 18.9 Å². The van der Waals surface area contributed by atoms with E-state index in [4.69, 9.17) is 9.47 Å². The van der Waals surface area contributed by atoms with Crippen molar-refractivity contribution < 1.29 is 19.1 Å². The fourth-order valence-corrected chi connectivity index (χ4v) is 2.62. The third-order valence-corrected chi connectivity index (χ3v) is 3.97. The minimum Gasteiger partial charge on any atom is -0.478 e. The lowest BCUT2D eigenvalue weighted by molar-refractivity contribution is -0.117. The van der Waals surface area contributed by atoms with Crippen LogP contribution in [0.1, 0.15) is 32.3 Å². The van der Waals surface area contributed by atoms with E-state index in [9.17, 15) is 9.59 Å². The number of para-hydroxylation sites is 1. The summed E-state index contributed by atoms with van der Waals surface area (Å²) in [7, 11) is 0. The van der Waals surface area contributed by atoms with E-state index in [2.05, 4.69) is 10.4 Å². The Balaban J connectivity index is 1.90. The summed E-state index contributed by atoms with van der Waals surface area (Å²) in [6, 6.07) is 12.4. The average molecular weight is 381 g/mol. The van der Waals surface area contributed by atoms with Crippen LogP contribution in [-0.2, 0) is 9.59 Å².